The molecule has 0 amide bonds. The van der Waals surface area contributed by atoms with Crippen LogP contribution in [0.15, 0.2) is 0 Å². The van der Waals surface area contributed by atoms with Crippen LogP contribution in [0.5, 0.6) is 0 Å². The van der Waals surface area contributed by atoms with Crippen molar-refractivity contribution in [2.45, 2.75) is 32.1 Å². The normalized spacial score (nSPS) is 20.6. The number of hydrogen-bond acceptors (Lipinski definition) is 1. The summed E-state index contributed by atoms with van der Waals surface area (Å²) < 4.78 is 0. The van der Waals surface area contributed by atoms with Gasteiger partial charge in [-0.1, -0.05) is 0 Å². The quantitative estimate of drug-likeness (QED) is 0.609. The smallest absolute Gasteiger partial charge is 0.0903 e. The molecule has 11 heavy (non-hydrogen) atoms. The van der Waals surface area contributed by atoms with Gasteiger partial charge in [0.1, 0.15) is 0 Å². The highest BCUT2D eigenvalue weighted by atomic mass is 15.1. The first-order valence-electron chi connectivity index (χ1n) is 4.64. The molecule has 62 valence electrons. The molecule has 1 fully saturated rings. The summed E-state index contributed by atoms with van der Waals surface area (Å²) in [6.45, 7) is 3.65. The lowest BCUT2D eigenvalue weighted by Crippen LogP contribution is -3.11. The number of nitrogens with one attached hydrogen (secondary N) is 1. The molecule has 0 saturated carbocycles. The Labute approximate surface area is 68.8 Å². The predicted molar refractivity (Wildman–Crippen MR) is 44.3 cm³/mol. The fourth-order valence-corrected chi connectivity index (χ4v) is 1.71. The van der Waals surface area contributed by atoms with Crippen molar-refractivity contribution in [1.82, 2.24) is 0 Å². The second kappa shape index (κ2) is 5.15. The van der Waals surface area contributed by atoms with Crippen LogP contribution in [0.3, 0.4) is 0 Å². The lowest BCUT2D eigenvalue weighted by Gasteiger charge is -2.14. The van der Waals surface area contributed by atoms with Gasteiger partial charge in [0.05, 0.1) is 32.1 Å². The lowest BCUT2D eigenvalue weighted by atomic mass is 10.2. The van der Waals surface area contributed by atoms with Gasteiger partial charge in [-0.25, -0.2) is 0 Å². The Bertz CT molecular complexity index is 129. The molecule has 0 atom stereocenters. The third-order valence-electron chi connectivity index (χ3n) is 2.40. The summed E-state index contributed by atoms with van der Waals surface area (Å²) in [4.78, 5) is 1.64. The van der Waals surface area contributed by atoms with Crippen LogP contribution in [0.2, 0.25) is 0 Å². The van der Waals surface area contributed by atoms with Crippen molar-refractivity contribution in [3.8, 4) is 6.07 Å². The van der Waals surface area contributed by atoms with Crippen LogP contribution in [0.4, 0.5) is 0 Å². The molecule has 1 aliphatic heterocycles. The van der Waals surface area contributed by atoms with Crippen molar-refractivity contribution in [2.24, 2.45) is 0 Å². The maximum atomic E-state index is 8.40. The van der Waals surface area contributed by atoms with Gasteiger partial charge in [0.25, 0.3) is 0 Å². The molecule has 1 saturated heterocycles. The van der Waals surface area contributed by atoms with Crippen LogP contribution in [0.25, 0.3) is 0 Å². The fourth-order valence-electron chi connectivity index (χ4n) is 1.71. The largest absolute Gasteiger partial charge is 0.334 e. The van der Waals surface area contributed by atoms with E-state index in [1.165, 1.54) is 38.8 Å². The molecule has 0 aromatic heterocycles. The molecule has 0 unspecified atom stereocenters. The molecule has 1 rings (SSSR count). The molecule has 2 heteroatoms. The van der Waals surface area contributed by atoms with Gasteiger partial charge in [-0.15, -0.1) is 0 Å². The van der Waals surface area contributed by atoms with Crippen molar-refractivity contribution in [3.05, 3.63) is 0 Å². The number of rotatable bonds is 2. The number of hydrogen-bond donors (Lipinski definition) is 1. The molecule has 2 nitrogen and oxygen atoms in total. The van der Waals surface area contributed by atoms with Gasteiger partial charge in [-0.2, -0.15) is 5.26 Å². The zero-order valence-corrected chi connectivity index (χ0v) is 7.10. The zero-order valence-electron chi connectivity index (χ0n) is 7.10. The minimum absolute atomic E-state index is 0.731. The molecular formula is C9H17N2+. The monoisotopic (exact) mass is 153 g/mol. The Hall–Kier alpha value is -0.550. The average Bonchev–Trinajstić information content (AvgIpc) is 2.28. The first kappa shape index (κ1) is 8.55. The summed E-state index contributed by atoms with van der Waals surface area (Å²) in [5, 5.41) is 8.40. The van der Waals surface area contributed by atoms with E-state index >= 15 is 0 Å². The molecule has 0 bridgehead atoms. The molecule has 1 heterocycles. The molecule has 0 radical (unpaired) electrons. The standard InChI is InChI=1S/C9H16N2/c10-6-5-9-11-7-3-1-2-4-8-11/h1-5,7-9H2/p+1. The average molecular weight is 153 g/mol. The Kier molecular flexibility index (Phi) is 4.00. The summed E-state index contributed by atoms with van der Waals surface area (Å²) in [5.41, 5.74) is 0. The van der Waals surface area contributed by atoms with E-state index in [1.54, 1.807) is 4.90 Å². The van der Waals surface area contributed by atoms with Crippen LogP contribution < -0.4 is 4.90 Å². The van der Waals surface area contributed by atoms with Gasteiger partial charge in [-0.3, -0.25) is 0 Å². The Morgan fingerprint density at radius 3 is 2.27 bits per heavy atom. The van der Waals surface area contributed by atoms with E-state index in [2.05, 4.69) is 6.07 Å². The second-order valence-electron chi connectivity index (χ2n) is 3.32. The second-order valence-corrected chi connectivity index (χ2v) is 3.32. The number of likely N-dealkylation sites (tertiary alicyclic amines) is 1. The van der Waals surface area contributed by atoms with Gasteiger partial charge in [-0.05, 0) is 25.7 Å². The highest BCUT2D eigenvalue weighted by Crippen LogP contribution is 1.98. The molecule has 0 aliphatic carbocycles. The van der Waals surface area contributed by atoms with Gasteiger partial charge in [0, 0.05) is 0 Å². The summed E-state index contributed by atoms with van der Waals surface area (Å²) in [5.74, 6) is 0. The fraction of sp³-hybridized carbons (Fsp3) is 0.889. The number of nitriles is 1. The van der Waals surface area contributed by atoms with Gasteiger partial charge in [0.2, 0.25) is 0 Å². The number of nitrogens with zero attached hydrogens (tertiary/aromatic N) is 1. The topological polar surface area (TPSA) is 28.2 Å². The molecule has 0 aromatic carbocycles. The summed E-state index contributed by atoms with van der Waals surface area (Å²) in [6, 6.07) is 2.21. The van der Waals surface area contributed by atoms with E-state index in [9.17, 15) is 0 Å². The summed E-state index contributed by atoms with van der Waals surface area (Å²) in [7, 11) is 0. The SMILES string of the molecule is N#CCC[NH+]1CCCCCC1. The van der Waals surface area contributed by atoms with Crippen LogP contribution in [-0.4, -0.2) is 19.6 Å². The van der Waals surface area contributed by atoms with Crippen molar-refractivity contribution in [1.29, 1.82) is 5.26 Å². The highest BCUT2D eigenvalue weighted by molar-refractivity contribution is 4.66. The van der Waals surface area contributed by atoms with Crippen molar-refractivity contribution < 1.29 is 4.90 Å². The van der Waals surface area contributed by atoms with E-state index in [-0.39, 0.29) is 0 Å². The van der Waals surface area contributed by atoms with E-state index in [0.717, 1.165) is 13.0 Å². The van der Waals surface area contributed by atoms with Crippen LogP contribution in [0.1, 0.15) is 32.1 Å². The van der Waals surface area contributed by atoms with Gasteiger partial charge < -0.3 is 4.90 Å². The summed E-state index contributed by atoms with van der Waals surface area (Å²) in [6.07, 6.45) is 6.25. The third kappa shape index (κ3) is 3.38. The zero-order chi connectivity index (χ0) is 7.94. The van der Waals surface area contributed by atoms with Crippen LogP contribution in [0, 0.1) is 11.3 Å². The van der Waals surface area contributed by atoms with E-state index in [0.29, 0.717) is 0 Å². The Morgan fingerprint density at radius 1 is 1.09 bits per heavy atom. The highest BCUT2D eigenvalue weighted by Gasteiger charge is 2.10. The van der Waals surface area contributed by atoms with Gasteiger partial charge in [0.15, 0.2) is 0 Å². The third-order valence-corrected chi connectivity index (χ3v) is 2.40. The van der Waals surface area contributed by atoms with E-state index in [1.807, 2.05) is 0 Å². The molecular weight excluding hydrogens is 136 g/mol. The first-order valence-corrected chi connectivity index (χ1v) is 4.64. The minimum Gasteiger partial charge on any atom is -0.334 e. The molecule has 1 N–H and O–H groups in total. The van der Waals surface area contributed by atoms with Crippen molar-refractivity contribution in [2.75, 3.05) is 19.6 Å². The lowest BCUT2D eigenvalue weighted by molar-refractivity contribution is -0.898. The van der Waals surface area contributed by atoms with Crippen molar-refractivity contribution in [3.63, 3.8) is 0 Å². The Morgan fingerprint density at radius 2 is 1.73 bits per heavy atom. The molecule has 0 spiro atoms. The first-order chi connectivity index (χ1) is 5.43. The molecule has 0 aromatic rings. The van der Waals surface area contributed by atoms with Crippen LogP contribution in [-0.2, 0) is 0 Å². The summed E-state index contributed by atoms with van der Waals surface area (Å²) >= 11 is 0. The minimum atomic E-state index is 0.731. The Balaban J connectivity index is 2.15. The van der Waals surface area contributed by atoms with E-state index < -0.39 is 0 Å². The van der Waals surface area contributed by atoms with E-state index in [4.69, 9.17) is 5.26 Å². The molecule has 1 aliphatic rings. The van der Waals surface area contributed by atoms with Gasteiger partial charge >= 0.3 is 0 Å². The predicted octanol–water partition coefficient (Wildman–Crippen LogP) is 0.359. The maximum absolute atomic E-state index is 8.40. The van der Waals surface area contributed by atoms with Crippen molar-refractivity contribution >= 4 is 0 Å². The van der Waals surface area contributed by atoms with Crippen LogP contribution >= 0.6 is 0 Å². The maximum Gasteiger partial charge on any atom is 0.0903 e. The number of quaternary nitrogens is 1.